The first-order valence-electron chi connectivity index (χ1n) is 7.98. The van der Waals surface area contributed by atoms with E-state index in [-0.39, 0.29) is 36.9 Å². The first-order chi connectivity index (χ1) is 12.0. The molecule has 6 nitrogen and oxygen atoms in total. The topological polar surface area (TPSA) is 84.5 Å². The molecule has 2 aromatic rings. The highest BCUT2D eigenvalue weighted by Gasteiger charge is 2.12. The Morgan fingerprint density at radius 3 is 2.36 bits per heavy atom. The van der Waals surface area contributed by atoms with Gasteiger partial charge in [0, 0.05) is 13.1 Å². The van der Waals surface area contributed by atoms with Gasteiger partial charge in [0.15, 0.2) is 0 Å². The molecule has 1 amide bonds. The maximum Gasteiger partial charge on any atom is 0.240 e. The second-order valence-electron chi connectivity index (χ2n) is 5.47. The molecule has 2 aromatic carbocycles. The average Bonchev–Trinajstić information content (AvgIpc) is 2.60. The van der Waals surface area contributed by atoms with Crippen LogP contribution in [-0.4, -0.2) is 34.0 Å². The lowest BCUT2D eigenvalue weighted by atomic mass is 10.2. The molecule has 0 saturated heterocycles. The summed E-state index contributed by atoms with van der Waals surface area (Å²) in [6.45, 7) is 2.50. The number of aryl methyl sites for hydroxylation is 1. The molecule has 0 aromatic heterocycles. The minimum absolute atomic E-state index is 0.126. The molecule has 134 valence electrons. The first-order valence-corrected chi connectivity index (χ1v) is 9.46. The van der Waals surface area contributed by atoms with Crippen molar-refractivity contribution in [2.45, 2.75) is 18.2 Å². The van der Waals surface area contributed by atoms with E-state index in [1.54, 1.807) is 24.3 Å². The highest BCUT2D eigenvalue weighted by molar-refractivity contribution is 7.89. The van der Waals surface area contributed by atoms with Gasteiger partial charge in [-0.3, -0.25) is 4.79 Å². The van der Waals surface area contributed by atoms with Crippen molar-refractivity contribution >= 4 is 15.9 Å². The molecule has 0 atom stereocenters. The molecule has 25 heavy (non-hydrogen) atoms. The molecule has 2 N–H and O–H groups in total. The van der Waals surface area contributed by atoms with E-state index in [1.165, 1.54) is 0 Å². The number of nitrogens with one attached hydrogen (secondary N) is 2. The summed E-state index contributed by atoms with van der Waals surface area (Å²) in [6.07, 6.45) is 0.208. The van der Waals surface area contributed by atoms with Crippen LogP contribution in [0.5, 0.6) is 5.75 Å². The van der Waals surface area contributed by atoms with Crippen LogP contribution in [0.1, 0.15) is 12.0 Å². The lowest BCUT2D eigenvalue weighted by molar-refractivity contribution is -0.121. The second-order valence-corrected chi connectivity index (χ2v) is 7.24. The SMILES string of the molecule is Cc1ccc(S(=O)(=O)NCCNC(=O)CCOc2ccccc2)cc1. The number of amides is 1. The fraction of sp³-hybridized carbons (Fsp3) is 0.278. The van der Waals surface area contributed by atoms with Crippen LogP contribution in [0.25, 0.3) is 0 Å². The molecule has 2 rings (SSSR count). The highest BCUT2D eigenvalue weighted by atomic mass is 32.2. The zero-order chi connectivity index (χ0) is 18.1. The average molecular weight is 362 g/mol. The van der Waals surface area contributed by atoms with Crippen LogP contribution in [0.3, 0.4) is 0 Å². The summed E-state index contributed by atoms with van der Waals surface area (Å²) in [4.78, 5) is 11.9. The maximum atomic E-state index is 12.1. The molecule has 0 unspecified atom stereocenters. The second kappa shape index (κ2) is 9.19. The van der Waals surface area contributed by atoms with E-state index in [2.05, 4.69) is 10.0 Å². The Kier molecular flexibility index (Phi) is 6.97. The summed E-state index contributed by atoms with van der Waals surface area (Å²) >= 11 is 0. The van der Waals surface area contributed by atoms with Crippen LogP contribution in [0.15, 0.2) is 59.5 Å². The third-order valence-corrected chi connectivity index (χ3v) is 4.89. The Hall–Kier alpha value is -2.38. The lowest BCUT2D eigenvalue weighted by Crippen LogP contribution is -2.35. The van der Waals surface area contributed by atoms with Crippen molar-refractivity contribution in [3.63, 3.8) is 0 Å². The summed E-state index contributed by atoms with van der Waals surface area (Å²) in [5.74, 6) is 0.520. The van der Waals surface area contributed by atoms with Gasteiger partial charge in [0.25, 0.3) is 0 Å². The minimum atomic E-state index is -3.55. The number of benzene rings is 2. The van der Waals surface area contributed by atoms with Crippen LogP contribution in [0.4, 0.5) is 0 Å². The van der Waals surface area contributed by atoms with Crippen molar-refractivity contribution in [3.05, 3.63) is 60.2 Å². The number of ether oxygens (including phenoxy) is 1. The van der Waals surface area contributed by atoms with Gasteiger partial charge < -0.3 is 10.1 Å². The Morgan fingerprint density at radius 1 is 1.00 bits per heavy atom. The van der Waals surface area contributed by atoms with Gasteiger partial charge in [0.2, 0.25) is 15.9 Å². The van der Waals surface area contributed by atoms with Crippen LogP contribution in [0, 0.1) is 6.92 Å². The Morgan fingerprint density at radius 2 is 1.68 bits per heavy atom. The molecule has 0 fully saturated rings. The standard InChI is InChI=1S/C18H22N2O4S/c1-15-7-9-17(10-8-15)25(22,23)20-13-12-19-18(21)11-14-24-16-5-3-2-4-6-16/h2-10,20H,11-14H2,1H3,(H,19,21). The molecule has 0 spiro atoms. The predicted molar refractivity (Wildman–Crippen MR) is 95.9 cm³/mol. The number of sulfonamides is 1. The normalized spacial score (nSPS) is 11.1. The third kappa shape index (κ3) is 6.56. The van der Waals surface area contributed by atoms with Crippen molar-refractivity contribution in [3.8, 4) is 5.75 Å². The summed E-state index contributed by atoms with van der Waals surface area (Å²) < 4.78 is 32.0. The van der Waals surface area contributed by atoms with Crippen LogP contribution in [0.2, 0.25) is 0 Å². The monoisotopic (exact) mass is 362 g/mol. The van der Waals surface area contributed by atoms with E-state index in [1.807, 2.05) is 37.3 Å². The van der Waals surface area contributed by atoms with Gasteiger partial charge in [-0.15, -0.1) is 0 Å². The summed E-state index contributed by atoms with van der Waals surface area (Å²) in [5.41, 5.74) is 0.990. The number of hydrogen-bond acceptors (Lipinski definition) is 4. The van der Waals surface area contributed by atoms with E-state index in [0.717, 1.165) is 5.56 Å². The third-order valence-electron chi connectivity index (χ3n) is 3.41. The molecule has 0 radical (unpaired) electrons. The molecule has 0 aliphatic heterocycles. The van der Waals surface area contributed by atoms with Gasteiger partial charge in [-0.05, 0) is 31.2 Å². The number of hydrogen-bond donors (Lipinski definition) is 2. The van der Waals surface area contributed by atoms with Gasteiger partial charge >= 0.3 is 0 Å². The molecule has 0 aliphatic rings. The van der Waals surface area contributed by atoms with Crippen molar-refractivity contribution < 1.29 is 17.9 Å². The minimum Gasteiger partial charge on any atom is -0.493 e. The van der Waals surface area contributed by atoms with Gasteiger partial charge in [0.05, 0.1) is 17.9 Å². The van der Waals surface area contributed by atoms with Gasteiger partial charge in [-0.2, -0.15) is 0 Å². The maximum absolute atomic E-state index is 12.1. The van der Waals surface area contributed by atoms with Crippen molar-refractivity contribution in [1.29, 1.82) is 0 Å². The van der Waals surface area contributed by atoms with Crippen LogP contribution >= 0.6 is 0 Å². The van der Waals surface area contributed by atoms with Crippen LogP contribution < -0.4 is 14.8 Å². The summed E-state index contributed by atoms with van der Waals surface area (Å²) in [6, 6.07) is 15.8. The lowest BCUT2D eigenvalue weighted by Gasteiger charge is -2.09. The fourth-order valence-corrected chi connectivity index (χ4v) is 3.09. The molecule has 7 heteroatoms. The van der Waals surface area contributed by atoms with Gasteiger partial charge in [0.1, 0.15) is 5.75 Å². The fourth-order valence-electron chi connectivity index (χ4n) is 2.05. The quantitative estimate of drug-likeness (QED) is 0.667. The van der Waals surface area contributed by atoms with Gasteiger partial charge in [-0.1, -0.05) is 35.9 Å². The highest BCUT2D eigenvalue weighted by Crippen LogP contribution is 2.09. The Labute approximate surface area is 148 Å². The van der Waals surface area contributed by atoms with E-state index in [9.17, 15) is 13.2 Å². The van der Waals surface area contributed by atoms with Gasteiger partial charge in [-0.25, -0.2) is 13.1 Å². The molecular weight excluding hydrogens is 340 g/mol. The predicted octanol–water partition coefficient (Wildman–Crippen LogP) is 1.86. The molecule has 0 heterocycles. The van der Waals surface area contributed by atoms with Crippen molar-refractivity contribution in [1.82, 2.24) is 10.0 Å². The van der Waals surface area contributed by atoms with E-state index in [4.69, 9.17) is 4.74 Å². The number of para-hydroxylation sites is 1. The number of rotatable bonds is 9. The van der Waals surface area contributed by atoms with Crippen molar-refractivity contribution in [2.75, 3.05) is 19.7 Å². The summed E-state index contributed by atoms with van der Waals surface area (Å²) in [5, 5.41) is 2.66. The largest absolute Gasteiger partial charge is 0.493 e. The van der Waals surface area contributed by atoms with E-state index >= 15 is 0 Å². The molecule has 0 aliphatic carbocycles. The molecular formula is C18H22N2O4S. The van der Waals surface area contributed by atoms with E-state index < -0.39 is 10.0 Å². The zero-order valence-electron chi connectivity index (χ0n) is 14.1. The first kappa shape index (κ1) is 19.0. The number of carbonyl (C=O) groups is 1. The Balaban J connectivity index is 1.65. The molecule has 0 bridgehead atoms. The smallest absolute Gasteiger partial charge is 0.240 e. The number of carbonyl (C=O) groups excluding carboxylic acids is 1. The zero-order valence-corrected chi connectivity index (χ0v) is 14.9. The van der Waals surface area contributed by atoms with Crippen LogP contribution in [-0.2, 0) is 14.8 Å². The molecule has 0 saturated carbocycles. The Bertz CT molecular complexity index is 774. The van der Waals surface area contributed by atoms with Crippen molar-refractivity contribution in [2.24, 2.45) is 0 Å². The summed E-state index contributed by atoms with van der Waals surface area (Å²) in [7, 11) is -3.55. The van der Waals surface area contributed by atoms with E-state index in [0.29, 0.717) is 5.75 Å².